The summed E-state index contributed by atoms with van der Waals surface area (Å²) in [4.78, 5) is 39.3. The molecule has 4 amide bonds. The van der Waals surface area contributed by atoms with Crippen LogP contribution in [0.2, 0.25) is 0 Å². The van der Waals surface area contributed by atoms with E-state index in [1.807, 2.05) is 0 Å². The minimum Gasteiger partial charge on any atom is -0.380 e. The van der Waals surface area contributed by atoms with Gasteiger partial charge in [0.25, 0.3) is 5.91 Å². The number of imide groups is 1. The molecule has 188 valence electrons. The zero-order chi connectivity index (χ0) is 25.2. The minimum absolute atomic E-state index is 0.0102. The number of anilines is 2. The first-order valence-corrected chi connectivity index (χ1v) is 13.4. The first-order chi connectivity index (χ1) is 16.5. The number of hydrogen-bond donors (Lipinski definition) is 2. The van der Waals surface area contributed by atoms with Crippen LogP contribution in [0, 0.1) is 17.8 Å². The van der Waals surface area contributed by atoms with Crippen LogP contribution in [0.1, 0.15) is 30.6 Å². The van der Waals surface area contributed by atoms with E-state index in [0.717, 1.165) is 6.42 Å². The number of aromatic nitrogens is 2. The first kappa shape index (κ1) is 23.5. The summed E-state index contributed by atoms with van der Waals surface area (Å²) in [5, 5.41) is 7.82. The highest BCUT2D eigenvalue weighted by Crippen LogP contribution is 2.44. The van der Waals surface area contributed by atoms with Crippen LogP contribution in [0.25, 0.3) is 5.52 Å². The maximum atomic E-state index is 12.7. The molecule has 3 N–H and O–H groups in total. The average Bonchev–Trinajstić information content (AvgIpc) is 3.51. The van der Waals surface area contributed by atoms with Crippen molar-refractivity contribution >= 4 is 44.8 Å². The van der Waals surface area contributed by atoms with Gasteiger partial charge in [-0.3, -0.25) is 19.4 Å². The number of nitrogens with one attached hydrogen (secondary N) is 1. The van der Waals surface area contributed by atoms with Crippen molar-refractivity contribution in [3.05, 3.63) is 24.0 Å². The molecule has 12 nitrogen and oxygen atoms in total. The molecule has 0 radical (unpaired) electrons. The number of nitrogens with two attached hydrogens (primary N) is 1. The van der Waals surface area contributed by atoms with Crippen molar-refractivity contribution in [2.24, 2.45) is 23.5 Å². The fraction of sp³-hybridized carbons (Fsp3) is 0.545. The topological polar surface area (TPSA) is 150 Å². The molecule has 2 saturated heterocycles. The summed E-state index contributed by atoms with van der Waals surface area (Å²) in [6.45, 7) is 5.11. The van der Waals surface area contributed by atoms with Crippen molar-refractivity contribution in [2.45, 2.75) is 26.3 Å². The van der Waals surface area contributed by atoms with Crippen LogP contribution in [-0.4, -0.2) is 83.6 Å². The lowest BCUT2D eigenvalue weighted by molar-refractivity contribution is -0.125. The Bertz CT molecular complexity index is 1340. The van der Waals surface area contributed by atoms with Crippen molar-refractivity contribution in [3.63, 3.8) is 0 Å². The summed E-state index contributed by atoms with van der Waals surface area (Å²) < 4.78 is 27.1. The van der Waals surface area contributed by atoms with Crippen LogP contribution >= 0.6 is 0 Å². The molecule has 0 spiro atoms. The van der Waals surface area contributed by atoms with Gasteiger partial charge >= 0.3 is 6.03 Å². The molecule has 13 heteroatoms. The number of nitrogens with zero attached hydrogens (tertiary/aromatic N) is 5. The Morgan fingerprint density at radius 2 is 1.97 bits per heavy atom. The fourth-order valence-electron chi connectivity index (χ4n) is 5.78. The van der Waals surface area contributed by atoms with Crippen LogP contribution in [0.4, 0.5) is 16.2 Å². The largest absolute Gasteiger partial charge is 0.380 e. The molecule has 2 aliphatic heterocycles. The van der Waals surface area contributed by atoms with Gasteiger partial charge in [0.2, 0.25) is 15.9 Å². The summed E-state index contributed by atoms with van der Waals surface area (Å²) in [6, 6.07) is 1.37. The van der Waals surface area contributed by atoms with Gasteiger partial charge in [-0.05, 0) is 30.2 Å². The predicted molar refractivity (Wildman–Crippen MR) is 128 cm³/mol. The maximum absolute atomic E-state index is 12.7. The van der Waals surface area contributed by atoms with Crippen LogP contribution in [0.3, 0.4) is 0 Å². The van der Waals surface area contributed by atoms with E-state index in [4.69, 9.17) is 5.73 Å². The Balaban J connectivity index is 1.45. The molecule has 3 aliphatic rings. The summed E-state index contributed by atoms with van der Waals surface area (Å²) in [6.07, 6.45) is 5.09. The number of rotatable bonds is 5. The Labute approximate surface area is 203 Å². The number of amides is 4. The highest BCUT2D eigenvalue weighted by molar-refractivity contribution is 7.88. The zero-order valence-electron chi connectivity index (χ0n) is 19.8. The number of hydrogen-bond acceptors (Lipinski definition) is 7. The third kappa shape index (κ3) is 3.92. The Hall–Kier alpha value is -3.19. The predicted octanol–water partition coefficient (Wildman–Crippen LogP) is 0.550. The van der Waals surface area contributed by atoms with Crippen LogP contribution in [0.15, 0.2) is 18.5 Å². The van der Waals surface area contributed by atoms with Gasteiger partial charge in [-0.1, -0.05) is 6.92 Å². The molecule has 5 rings (SSSR count). The van der Waals surface area contributed by atoms with Gasteiger partial charge in [-0.15, -0.1) is 0 Å². The van der Waals surface area contributed by atoms with E-state index in [0.29, 0.717) is 43.1 Å². The van der Waals surface area contributed by atoms with Gasteiger partial charge in [-0.2, -0.15) is 5.10 Å². The first-order valence-electron chi connectivity index (χ1n) is 11.6. The SMILES string of the molecule is CC(=O)N1CCN(c2cc3c(N[C@@H]4C[C@@H]5CN(S(C)(=O)=O)C[C@H]5[C@@H]4C)c(C(N)=O)cnn3c2)C1=O. The second kappa shape index (κ2) is 8.19. The van der Waals surface area contributed by atoms with Gasteiger partial charge < -0.3 is 11.1 Å². The number of carbonyl (C=O) groups excluding carboxylic acids is 3. The molecule has 0 unspecified atom stereocenters. The van der Waals surface area contributed by atoms with Gasteiger partial charge in [0.05, 0.1) is 41.1 Å². The second-order valence-corrected chi connectivity index (χ2v) is 11.8. The van der Waals surface area contributed by atoms with E-state index in [1.165, 1.54) is 29.2 Å². The molecule has 0 bridgehead atoms. The third-order valence-corrected chi connectivity index (χ3v) is 8.95. The monoisotopic (exact) mass is 503 g/mol. The molecular formula is C22H29N7O5S. The summed E-state index contributed by atoms with van der Waals surface area (Å²) >= 11 is 0. The Kier molecular flexibility index (Phi) is 5.51. The number of primary amides is 1. The van der Waals surface area contributed by atoms with E-state index in [-0.39, 0.29) is 35.3 Å². The van der Waals surface area contributed by atoms with E-state index >= 15 is 0 Å². The minimum atomic E-state index is -3.23. The van der Waals surface area contributed by atoms with Gasteiger partial charge in [-0.25, -0.2) is 22.0 Å². The summed E-state index contributed by atoms with van der Waals surface area (Å²) in [7, 11) is -3.23. The van der Waals surface area contributed by atoms with Gasteiger partial charge in [0.1, 0.15) is 0 Å². The lowest BCUT2D eigenvalue weighted by atomic mass is 9.93. The van der Waals surface area contributed by atoms with E-state index in [9.17, 15) is 22.8 Å². The highest BCUT2D eigenvalue weighted by Gasteiger charge is 2.48. The summed E-state index contributed by atoms with van der Waals surface area (Å²) in [5.74, 6) is -0.319. The molecule has 2 aromatic rings. The molecule has 4 atom stereocenters. The van der Waals surface area contributed by atoms with Crippen LogP contribution in [-0.2, 0) is 14.8 Å². The van der Waals surface area contributed by atoms with Crippen molar-refractivity contribution in [1.29, 1.82) is 0 Å². The van der Waals surface area contributed by atoms with Crippen LogP contribution in [0.5, 0.6) is 0 Å². The maximum Gasteiger partial charge on any atom is 0.331 e. The average molecular weight is 504 g/mol. The second-order valence-electron chi connectivity index (χ2n) is 9.78. The Morgan fingerprint density at radius 1 is 1.23 bits per heavy atom. The highest BCUT2D eigenvalue weighted by atomic mass is 32.2. The molecule has 4 heterocycles. The molecule has 35 heavy (non-hydrogen) atoms. The van der Waals surface area contributed by atoms with Gasteiger partial charge in [0.15, 0.2) is 0 Å². The number of sulfonamides is 1. The lowest BCUT2D eigenvalue weighted by Gasteiger charge is -2.25. The molecular weight excluding hydrogens is 474 g/mol. The van der Waals surface area contributed by atoms with E-state index in [1.54, 1.807) is 21.1 Å². The third-order valence-electron chi connectivity index (χ3n) is 7.71. The molecule has 0 aromatic carbocycles. The Morgan fingerprint density at radius 3 is 2.57 bits per heavy atom. The van der Waals surface area contributed by atoms with Crippen LogP contribution < -0.4 is 16.0 Å². The van der Waals surface area contributed by atoms with E-state index < -0.39 is 22.0 Å². The molecule has 3 fully saturated rings. The quantitative estimate of drug-likeness (QED) is 0.605. The van der Waals surface area contributed by atoms with Gasteiger partial charge in [0, 0.05) is 39.1 Å². The fourth-order valence-corrected chi connectivity index (χ4v) is 6.69. The van der Waals surface area contributed by atoms with Crippen molar-refractivity contribution in [1.82, 2.24) is 18.8 Å². The lowest BCUT2D eigenvalue weighted by Crippen LogP contribution is -2.34. The van der Waals surface area contributed by atoms with E-state index in [2.05, 4.69) is 17.3 Å². The van der Waals surface area contributed by atoms with Crippen molar-refractivity contribution < 1.29 is 22.8 Å². The normalized spacial score (nSPS) is 27.1. The van der Waals surface area contributed by atoms with Crippen molar-refractivity contribution in [3.8, 4) is 0 Å². The molecule has 2 aromatic heterocycles. The molecule has 1 aliphatic carbocycles. The number of carbonyl (C=O) groups is 3. The standard InChI is InChI=1S/C22H29N7O5S/c1-12-17-11-26(35(3,33)34)9-14(17)6-18(12)25-20-16(21(23)31)8-24-29-10-15(7-19(20)29)28-5-4-27(13(2)30)22(28)32/h7-8,10,12,14,17-18,25H,4-6,9,11H2,1-3H3,(H2,23,31)/t12-,14+,17-,18+/m0/s1. The molecule has 1 saturated carbocycles. The number of fused-ring (bicyclic) bond motifs is 2. The summed E-state index contributed by atoms with van der Waals surface area (Å²) in [5.41, 5.74) is 7.59. The smallest absolute Gasteiger partial charge is 0.331 e. The number of urea groups is 1. The zero-order valence-corrected chi connectivity index (χ0v) is 20.7. The van der Waals surface area contributed by atoms with Crippen molar-refractivity contribution in [2.75, 3.05) is 42.7 Å².